The highest BCUT2D eigenvalue weighted by molar-refractivity contribution is 7.92. The number of benzene rings is 3. The third kappa shape index (κ3) is 8.11. The van der Waals surface area contributed by atoms with Crippen molar-refractivity contribution in [2.24, 2.45) is 0 Å². The van der Waals surface area contributed by atoms with Gasteiger partial charge in [-0.25, -0.2) is 8.42 Å². The van der Waals surface area contributed by atoms with Gasteiger partial charge in [-0.3, -0.25) is 13.9 Å². The first-order chi connectivity index (χ1) is 20.5. The summed E-state index contributed by atoms with van der Waals surface area (Å²) in [5.74, 6) is -0.769. The van der Waals surface area contributed by atoms with Gasteiger partial charge in [-0.05, 0) is 80.1 Å². The first kappa shape index (κ1) is 32.8. The van der Waals surface area contributed by atoms with Crippen LogP contribution in [-0.4, -0.2) is 43.8 Å². The fourth-order valence-corrected chi connectivity index (χ4v) is 7.48. The summed E-state index contributed by atoms with van der Waals surface area (Å²) in [7, 11) is -4.14. The Morgan fingerprint density at radius 3 is 2.30 bits per heavy atom. The SMILES string of the molecule is CC[C@@H](C(=O)NC1CCCCC1)N(Cc1ccc(Cl)cc1Cl)C(=O)CN(c1cc(C)ccc1C)S(=O)(=O)c1ccccc1. The van der Waals surface area contributed by atoms with E-state index in [-0.39, 0.29) is 23.4 Å². The maximum absolute atomic E-state index is 14.4. The molecule has 7 nitrogen and oxygen atoms in total. The van der Waals surface area contributed by atoms with Crippen LogP contribution in [0.2, 0.25) is 10.0 Å². The molecule has 1 N–H and O–H groups in total. The zero-order chi connectivity index (χ0) is 31.1. The normalized spacial score (nSPS) is 14.6. The van der Waals surface area contributed by atoms with Gasteiger partial charge in [0.1, 0.15) is 12.6 Å². The number of carbonyl (C=O) groups is 2. The molecule has 0 heterocycles. The number of hydrogen-bond donors (Lipinski definition) is 1. The first-order valence-electron chi connectivity index (χ1n) is 14.7. The molecule has 0 bridgehead atoms. The number of carbonyl (C=O) groups excluding carboxylic acids is 2. The highest BCUT2D eigenvalue weighted by Gasteiger charge is 2.35. The third-order valence-electron chi connectivity index (χ3n) is 7.94. The van der Waals surface area contributed by atoms with E-state index in [0.29, 0.717) is 33.3 Å². The van der Waals surface area contributed by atoms with Gasteiger partial charge in [0.05, 0.1) is 10.6 Å². The van der Waals surface area contributed by atoms with E-state index in [1.165, 1.54) is 17.0 Å². The minimum atomic E-state index is -4.14. The van der Waals surface area contributed by atoms with Crippen molar-refractivity contribution in [3.05, 3.63) is 93.5 Å². The summed E-state index contributed by atoms with van der Waals surface area (Å²) in [5.41, 5.74) is 2.56. The molecule has 0 radical (unpaired) electrons. The average Bonchev–Trinajstić information content (AvgIpc) is 2.99. The second-order valence-corrected chi connectivity index (χ2v) is 13.8. The maximum Gasteiger partial charge on any atom is 0.264 e. The van der Waals surface area contributed by atoms with Gasteiger partial charge in [-0.1, -0.05) is 85.8 Å². The van der Waals surface area contributed by atoms with Gasteiger partial charge in [-0.2, -0.15) is 0 Å². The number of sulfonamides is 1. The zero-order valence-electron chi connectivity index (χ0n) is 24.9. The van der Waals surface area contributed by atoms with Crippen LogP contribution in [0.1, 0.15) is 62.1 Å². The summed E-state index contributed by atoms with van der Waals surface area (Å²) < 4.78 is 29.3. The molecule has 0 aliphatic heterocycles. The van der Waals surface area contributed by atoms with Crippen molar-refractivity contribution < 1.29 is 18.0 Å². The average molecular weight is 645 g/mol. The molecule has 43 heavy (non-hydrogen) atoms. The molecular formula is C33H39Cl2N3O4S. The lowest BCUT2D eigenvalue weighted by Crippen LogP contribution is -2.54. The number of rotatable bonds is 11. The summed E-state index contributed by atoms with van der Waals surface area (Å²) in [6.45, 7) is 5.04. The molecule has 2 amide bonds. The molecular weight excluding hydrogens is 605 g/mol. The van der Waals surface area contributed by atoms with Crippen molar-refractivity contribution in [1.82, 2.24) is 10.2 Å². The van der Waals surface area contributed by atoms with E-state index in [9.17, 15) is 18.0 Å². The number of anilines is 1. The first-order valence-corrected chi connectivity index (χ1v) is 16.9. The van der Waals surface area contributed by atoms with Gasteiger partial charge in [-0.15, -0.1) is 0 Å². The van der Waals surface area contributed by atoms with Crippen LogP contribution in [0.5, 0.6) is 0 Å². The van der Waals surface area contributed by atoms with E-state index in [1.807, 2.05) is 32.9 Å². The van der Waals surface area contributed by atoms with Crippen molar-refractivity contribution in [2.45, 2.75) is 82.8 Å². The van der Waals surface area contributed by atoms with Crippen molar-refractivity contribution in [3.8, 4) is 0 Å². The van der Waals surface area contributed by atoms with Crippen LogP contribution < -0.4 is 9.62 Å². The van der Waals surface area contributed by atoms with Crippen LogP contribution in [0.3, 0.4) is 0 Å². The minimum absolute atomic E-state index is 0.0114. The van der Waals surface area contributed by atoms with Gasteiger partial charge in [0.15, 0.2) is 0 Å². The lowest BCUT2D eigenvalue weighted by Gasteiger charge is -2.35. The largest absolute Gasteiger partial charge is 0.352 e. The van der Waals surface area contributed by atoms with Crippen molar-refractivity contribution in [1.29, 1.82) is 0 Å². The van der Waals surface area contributed by atoms with E-state index in [4.69, 9.17) is 23.2 Å². The maximum atomic E-state index is 14.4. The zero-order valence-corrected chi connectivity index (χ0v) is 27.2. The monoisotopic (exact) mass is 643 g/mol. The van der Waals surface area contributed by atoms with Crippen molar-refractivity contribution in [3.63, 3.8) is 0 Å². The van der Waals surface area contributed by atoms with E-state index in [1.54, 1.807) is 42.5 Å². The van der Waals surface area contributed by atoms with Gasteiger partial charge in [0, 0.05) is 22.6 Å². The molecule has 3 aromatic rings. The van der Waals surface area contributed by atoms with E-state index < -0.39 is 28.5 Å². The molecule has 1 saturated carbocycles. The molecule has 0 aromatic heterocycles. The molecule has 0 spiro atoms. The Morgan fingerprint density at radius 2 is 1.65 bits per heavy atom. The van der Waals surface area contributed by atoms with Crippen LogP contribution in [0, 0.1) is 13.8 Å². The standard InChI is InChI=1S/C33H39Cl2N3O4S/c1-4-30(33(40)36-27-11-7-5-8-12-27)37(21-25-17-18-26(34)20-29(25)35)32(39)22-38(31-19-23(2)15-16-24(31)3)43(41,42)28-13-9-6-10-14-28/h6,9-10,13-20,27,30H,4-5,7-8,11-12,21-22H2,1-3H3,(H,36,40)/t30-/m0/s1. The van der Waals surface area contributed by atoms with E-state index in [2.05, 4.69) is 5.32 Å². The molecule has 10 heteroatoms. The number of hydrogen-bond acceptors (Lipinski definition) is 4. The van der Waals surface area contributed by atoms with Crippen LogP contribution >= 0.6 is 23.2 Å². The number of amides is 2. The number of nitrogens with zero attached hydrogens (tertiary/aromatic N) is 2. The predicted molar refractivity (Wildman–Crippen MR) is 173 cm³/mol. The van der Waals surface area contributed by atoms with Gasteiger partial charge < -0.3 is 10.2 Å². The second-order valence-electron chi connectivity index (χ2n) is 11.1. The summed E-state index contributed by atoms with van der Waals surface area (Å²) in [5, 5.41) is 3.96. The third-order valence-corrected chi connectivity index (χ3v) is 10.3. The van der Waals surface area contributed by atoms with E-state index in [0.717, 1.165) is 42.0 Å². The van der Waals surface area contributed by atoms with Crippen molar-refractivity contribution >= 4 is 50.7 Å². The summed E-state index contributed by atoms with van der Waals surface area (Å²) in [4.78, 5) is 29.6. The molecule has 1 aliphatic rings. The lowest BCUT2D eigenvalue weighted by atomic mass is 9.95. The smallest absolute Gasteiger partial charge is 0.264 e. The highest BCUT2D eigenvalue weighted by Crippen LogP contribution is 2.30. The van der Waals surface area contributed by atoms with Gasteiger partial charge in [0.25, 0.3) is 10.0 Å². The second kappa shape index (κ2) is 14.6. The molecule has 230 valence electrons. The van der Waals surface area contributed by atoms with Gasteiger partial charge in [0.2, 0.25) is 11.8 Å². The highest BCUT2D eigenvalue weighted by atomic mass is 35.5. The van der Waals surface area contributed by atoms with Crippen LogP contribution in [0.4, 0.5) is 5.69 Å². The molecule has 3 aromatic carbocycles. The summed E-state index contributed by atoms with van der Waals surface area (Å²) >= 11 is 12.7. The van der Waals surface area contributed by atoms with Crippen LogP contribution in [0.15, 0.2) is 71.6 Å². The molecule has 0 saturated heterocycles. The summed E-state index contributed by atoms with van der Waals surface area (Å²) in [6, 6.07) is 17.7. The Balaban J connectivity index is 1.75. The molecule has 1 fully saturated rings. The fraction of sp³-hybridized carbons (Fsp3) is 0.394. The Hall–Kier alpha value is -3.07. The molecule has 0 unspecified atom stereocenters. The molecule has 4 rings (SSSR count). The molecule has 1 atom stereocenters. The molecule has 1 aliphatic carbocycles. The Labute approximate surface area is 265 Å². The van der Waals surface area contributed by atoms with Gasteiger partial charge >= 0.3 is 0 Å². The van der Waals surface area contributed by atoms with Crippen molar-refractivity contribution in [2.75, 3.05) is 10.8 Å². The lowest BCUT2D eigenvalue weighted by molar-refractivity contribution is -0.140. The van der Waals surface area contributed by atoms with Crippen LogP contribution in [-0.2, 0) is 26.2 Å². The Bertz CT molecular complexity index is 1540. The number of halogens is 2. The minimum Gasteiger partial charge on any atom is -0.352 e. The van der Waals surface area contributed by atoms with E-state index >= 15 is 0 Å². The number of nitrogens with one attached hydrogen (secondary N) is 1. The topological polar surface area (TPSA) is 86.8 Å². The van der Waals surface area contributed by atoms with Crippen LogP contribution in [0.25, 0.3) is 0 Å². The Morgan fingerprint density at radius 1 is 0.953 bits per heavy atom. The Kier molecular flexibility index (Phi) is 11.2. The fourth-order valence-electron chi connectivity index (χ4n) is 5.52. The quantitative estimate of drug-likeness (QED) is 0.242. The predicted octanol–water partition coefficient (Wildman–Crippen LogP) is 7.06. The number of aryl methyl sites for hydroxylation is 2. The summed E-state index contributed by atoms with van der Waals surface area (Å²) in [6.07, 6.45) is 5.38.